The van der Waals surface area contributed by atoms with Gasteiger partial charge in [0.15, 0.2) is 0 Å². The van der Waals surface area contributed by atoms with Gasteiger partial charge in [0.05, 0.1) is 29.4 Å². The van der Waals surface area contributed by atoms with Gasteiger partial charge >= 0.3 is 5.97 Å². The van der Waals surface area contributed by atoms with Crippen LogP contribution in [-0.2, 0) is 9.53 Å². The van der Waals surface area contributed by atoms with E-state index in [1.807, 2.05) is 0 Å². The quantitative estimate of drug-likeness (QED) is 0.617. The van der Waals surface area contributed by atoms with Gasteiger partial charge in [0, 0.05) is 19.2 Å². The molecule has 2 heterocycles. The molecule has 1 aromatic heterocycles. The number of alkyl halides is 1. The Hall–Kier alpha value is -1.62. The summed E-state index contributed by atoms with van der Waals surface area (Å²) in [6.45, 7) is 2.40. The van der Waals surface area contributed by atoms with E-state index < -0.39 is 5.97 Å². The zero-order valence-corrected chi connectivity index (χ0v) is 10.7. The maximum absolute atomic E-state index is 11.8. The number of halogens is 1. The molecule has 0 aromatic carbocycles. The van der Waals surface area contributed by atoms with E-state index in [1.54, 1.807) is 13.0 Å². The number of aromatic nitrogens is 1. The van der Waals surface area contributed by atoms with Crippen LogP contribution in [0.4, 0.5) is 5.69 Å². The Balaban J connectivity index is 2.33. The largest absolute Gasteiger partial charge is 0.462 e. The predicted octanol–water partition coefficient (Wildman–Crippen LogP) is 1.60. The molecule has 18 heavy (non-hydrogen) atoms. The first kappa shape index (κ1) is 12.8. The molecule has 0 aliphatic carbocycles. The van der Waals surface area contributed by atoms with Gasteiger partial charge in [-0.05, 0) is 13.0 Å². The number of hydrogen-bond acceptors (Lipinski definition) is 4. The average molecular weight is 269 g/mol. The van der Waals surface area contributed by atoms with Crippen LogP contribution in [0.2, 0.25) is 0 Å². The summed E-state index contributed by atoms with van der Waals surface area (Å²) in [4.78, 5) is 29.0. The lowest BCUT2D eigenvalue weighted by atomic mass is 10.2. The Kier molecular flexibility index (Phi) is 3.81. The van der Waals surface area contributed by atoms with Crippen molar-refractivity contribution < 1.29 is 14.3 Å². The molecule has 2 rings (SSSR count). The number of hydrogen-bond donors (Lipinski definition) is 0. The molecule has 1 aliphatic rings. The summed E-state index contributed by atoms with van der Waals surface area (Å²) in [5, 5.41) is -0.229. The molecule has 1 aliphatic heterocycles. The first-order chi connectivity index (χ1) is 8.63. The minimum atomic E-state index is -0.458. The summed E-state index contributed by atoms with van der Waals surface area (Å²) >= 11 is 5.95. The average Bonchev–Trinajstić information content (AvgIpc) is 2.69. The van der Waals surface area contributed by atoms with Crippen LogP contribution >= 0.6 is 11.6 Å². The number of ether oxygens (including phenoxy) is 1. The summed E-state index contributed by atoms with van der Waals surface area (Å²) in [6, 6.07) is 1.54. The van der Waals surface area contributed by atoms with Crippen molar-refractivity contribution in [3.8, 4) is 0 Å². The molecule has 0 radical (unpaired) electrons. The van der Waals surface area contributed by atoms with Gasteiger partial charge in [-0.3, -0.25) is 9.78 Å². The van der Waals surface area contributed by atoms with Crippen LogP contribution in [0.5, 0.6) is 0 Å². The molecule has 6 heteroatoms. The number of rotatable bonds is 3. The number of pyridine rings is 1. The van der Waals surface area contributed by atoms with Crippen molar-refractivity contribution in [2.45, 2.75) is 18.7 Å². The minimum absolute atomic E-state index is 0.103. The van der Waals surface area contributed by atoms with Crippen LogP contribution in [0.3, 0.4) is 0 Å². The Morgan fingerprint density at radius 1 is 1.67 bits per heavy atom. The van der Waals surface area contributed by atoms with Crippen molar-refractivity contribution >= 4 is 29.2 Å². The molecule has 96 valence electrons. The standard InChI is InChI=1S/C12H13ClN2O3/c1-2-18-12(17)9-3-4-14-6-10(9)15-7-8(13)5-11(15)16/h3-4,6,8H,2,5,7H2,1H3. The van der Waals surface area contributed by atoms with Crippen LogP contribution in [0.15, 0.2) is 18.5 Å². The zero-order chi connectivity index (χ0) is 13.1. The molecule has 1 aromatic rings. The van der Waals surface area contributed by atoms with Crippen molar-refractivity contribution in [3.63, 3.8) is 0 Å². The maximum Gasteiger partial charge on any atom is 0.340 e. The highest BCUT2D eigenvalue weighted by atomic mass is 35.5. The van der Waals surface area contributed by atoms with Crippen LogP contribution in [0.1, 0.15) is 23.7 Å². The van der Waals surface area contributed by atoms with Crippen molar-refractivity contribution in [2.75, 3.05) is 18.1 Å². The zero-order valence-electron chi connectivity index (χ0n) is 9.93. The van der Waals surface area contributed by atoms with E-state index in [1.165, 1.54) is 17.3 Å². The van der Waals surface area contributed by atoms with Crippen molar-refractivity contribution in [2.24, 2.45) is 0 Å². The molecule has 1 saturated heterocycles. The van der Waals surface area contributed by atoms with E-state index in [4.69, 9.17) is 16.3 Å². The number of anilines is 1. The number of carbonyl (C=O) groups excluding carboxylic acids is 2. The van der Waals surface area contributed by atoms with Gasteiger partial charge in [0.1, 0.15) is 0 Å². The predicted molar refractivity (Wildman–Crippen MR) is 66.8 cm³/mol. The van der Waals surface area contributed by atoms with Crippen LogP contribution in [0, 0.1) is 0 Å². The summed E-state index contributed by atoms with van der Waals surface area (Å²) in [7, 11) is 0. The van der Waals surface area contributed by atoms with Gasteiger partial charge in [0.2, 0.25) is 5.91 Å². The summed E-state index contributed by atoms with van der Waals surface area (Å²) in [5.41, 5.74) is 0.801. The highest BCUT2D eigenvalue weighted by Gasteiger charge is 2.31. The molecule has 0 saturated carbocycles. The first-order valence-corrected chi connectivity index (χ1v) is 6.12. The van der Waals surface area contributed by atoms with Crippen molar-refractivity contribution in [1.29, 1.82) is 0 Å². The molecule has 0 spiro atoms. The van der Waals surface area contributed by atoms with Crippen LogP contribution in [0.25, 0.3) is 0 Å². The Morgan fingerprint density at radius 3 is 3.06 bits per heavy atom. The lowest BCUT2D eigenvalue weighted by molar-refractivity contribution is -0.117. The normalized spacial score (nSPS) is 19.1. The van der Waals surface area contributed by atoms with E-state index in [9.17, 15) is 9.59 Å². The van der Waals surface area contributed by atoms with E-state index >= 15 is 0 Å². The second-order valence-electron chi connectivity index (χ2n) is 3.92. The highest BCUT2D eigenvalue weighted by Crippen LogP contribution is 2.27. The fourth-order valence-electron chi connectivity index (χ4n) is 1.88. The molecule has 1 unspecified atom stereocenters. The fourth-order valence-corrected chi connectivity index (χ4v) is 2.15. The Bertz CT molecular complexity index is 478. The van der Waals surface area contributed by atoms with Gasteiger partial charge < -0.3 is 9.64 Å². The molecule has 5 nitrogen and oxygen atoms in total. The van der Waals surface area contributed by atoms with Gasteiger partial charge in [-0.25, -0.2) is 4.79 Å². The van der Waals surface area contributed by atoms with E-state index in [0.29, 0.717) is 17.8 Å². The topological polar surface area (TPSA) is 59.5 Å². The fraction of sp³-hybridized carbons (Fsp3) is 0.417. The number of carbonyl (C=O) groups is 2. The summed E-state index contributed by atoms with van der Waals surface area (Å²) in [5.74, 6) is -0.561. The van der Waals surface area contributed by atoms with Gasteiger partial charge in [-0.2, -0.15) is 0 Å². The van der Waals surface area contributed by atoms with Gasteiger partial charge in [-0.1, -0.05) is 0 Å². The van der Waals surface area contributed by atoms with Gasteiger partial charge in [-0.15, -0.1) is 11.6 Å². The number of esters is 1. The molecular weight excluding hydrogens is 256 g/mol. The van der Waals surface area contributed by atoms with E-state index in [2.05, 4.69) is 4.98 Å². The lowest BCUT2D eigenvalue weighted by Gasteiger charge is -2.18. The number of amides is 1. The van der Waals surface area contributed by atoms with Crippen molar-refractivity contribution in [3.05, 3.63) is 24.0 Å². The maximum atomic E-state index is 11.8. The molecule has 0 bridgehead atoms. The molecule has 1 atom stereocenters. The van der Waals surface area contributed by atoms with Crippen molar-refractivity contribution in [1.82, 2.24) is 4.98 Å². The monoisotopic (exact) mass is 268 g/mol. The molecule has 1 amide bonds. The lowest BCUT2D eigenvalue weighted by Crippen LogP contribution is -2.27. The summed E-state index contributed by atoms with van der Waals surface area (Å²) < 4.78 is 4.95. The van der Waals surface area contributed by atoms with E-state index in [-0.39, 0.29) is 24.3 Å². The van der Waals surface area contributed by atoms with Crippen LogP contribution in [-0.4, -0.2) is 35.4 Å². The smallest absolute Gasteiger partial charge is 0.340 e. The SMILES string of the molecule is CCOC(=O)c1ccncc1N1CC(Cl)CC1=O. The first-order valence-electron chi connectivity index (χ1n) is 5.69. The Morgan fingerprint density at radius 2 is 2.44 bits per heavy atom. The second kappa shape index (κ2) is 5.35. The van der Waals surface area contributed by atoms with Crippen LogP contribution < -0.4 is 4.90 Å². The second-order valence-corrected chi connectivity index (χ2v) is 4.54. The third-order valence-electron chi connectivity index (χ3n) is 2.66. The Labute approximate surface area is 110 Å². The highest BCUT2D eigenvalue weighted by molar-refractivity contribution is 6.24. The third-order valence-corrected chi connectivity index (χ3v) is 2.96. The summed E-state index contributed by atoms with van der Waals surface area (Å²) in [6.07, 6.45) is 3.26. The molecular formula is C12H13ClN2O3. The minimum Gasteiger partial charge on any atom is -0.462 e. The number of nitrogens with zero attached hydrogens (tertiary/aromatic N) is 2. The van der Waals surface area contributed by atoms with Gasteiger partial charge in [0.25, 0.3) is 0 Å². The van der Waals surface area contributed by atoms with E-state index in [0.717, 1.165) is 0 Å². The third kappa shape index (κ3) is 2.46. The molecule has 1 fully saturated rings. The molecule has 0 N–H and O–H groups in total.